The zero-order valence-corrected chi connectivity index (χ0v) is 16.5. The molecule has 0 radical (unpaired) electrons. The standard InChI is InChI=1S/C21H25FN2O3S/c22-19-10-4-5-11-20(19)28(26,27)24-15-12-18(13-16-24)21(25)23-14-6-9-17-7-2-1-3-8-17/h1-5,7-8,10-11,18H,6,9,12-16H2,(H,23,25). The van der Waals surface area contributed by atoms with Gasteiger partial charge in [-0.2, -0.15) is 4.31 Å². The van der Waals surface area contributed by atoms with E-state index in [1.54, 1.807) is 0 Å². The Bertz CT molecular complexity index is 895. The lowest BCUT2D eigenvalue weighted by atomic mass is 9.97. The lowest BCUT2D eigenvalue weighted by Crippen LogP contribution is -2.43. The number of nitrogens with zero attached hydrogens (tertiary/aromatic N) is 1. The fourth-order valence-corrected chi connectivity index (χ4v) is 4.98. The van der Waals surface area contributed by atoms with Gasteiger partial charge in [-0.1, -0.05) is 42.5 Å². The summed E-state index contributed by atoms with van der Waals surface area (Å²) in [6.07, 6.45) is 2.65. The number of hydrogen-bond donors (Lipinski definition) is 1. The van der Waals surface area contributed by atoms with Crippen molar-refractivity contribution in [3.8, 4) is 0 Å². The number of carbonyl (C=O) groups excluding carboxylic acids is 1. The highest BCUT2D eigenvalue weighted by Gasteiger charge is 2.33. The normalized spacial score (nSPS) is 16.0. The molecule has 1 heterocycles. The van der Waals surface area contributed by atoms with Gasteiger partial charge < -0.3 is 5.32 Å². The molecule has 2 aromatic rings. The minimum Gasteiger partial charge on any atom is -0.356 e. The topological polar surface area (TPSA) is 66.5 Å². The van der Waals surface area contributed by atoms with Crippen molar-refractivity contribution in [2.45, 2.75) is 30.6 Å². The molecule has 0 bridgehead atoms. The number of halogens is 1. The monoisotopic (exact) mass is 404 g/mol. The van der Waals surface area contributed by atoms with E-state index in [4.69, 9.17) is 0 Å². The smallest absolute Gasteiger partial charge is 0.245 e. The third kappa shape index (κ3) is 4.97. The van der Waals surface area contributed by atoms with Crippen LogP contribution in [0.15, 0.2) is 59.5 Å². The summed E-state index contributed by atoms with van der Waals surface area (Å²) in [5.74, 6) is -0.986. The molecular formula is C21H25FN2O3S. The zero-order valence-electron chi connectivity index (χ0n) is 15.7. The average molecular weight is 405 g/mol. The molecule has 0 saturated carbocycles. The van der Waals surface area contributed by atoms with Crippen molar-refractivity contribution in [1.82, 2.24) is 9.62 Å². The Labute approximate surface area is 165 Å². The van der Waals surface area contributed by atoms with Crippen molar-refractivity contribution >= 4 is 15.9 Å². The third-order valence-electron chi connectivity index (χ3n) is 5.06. The lowest BCUT2D eigenvalue weighted by Gasteiger charge is -2.30. The number of amides is 1. The van der Waals surface area contributed by atoms with E-state index in [2.05, 4.69) is 17.4 Å². The number of benzene rings is 2. The summed E-state index contributed by atoms with van der Waals surface area (Å²) in [5, 5.41) is 2.95. The molecule has 7 heteroatoms. The molecule has 0 atom stereocenters. The van der Waals surface area contributed by atoms with Crippen LogP contribution in [0.5, 0.6) is 0 Å². The van der Waals surface area contributed by atoms with Gasteiger partial charge in [-0.05, 0) is 43.4 Å². The van der Waals surface area contributed by atoms with Gasteiger partial charge in [-0.25, -0.2) is 12.8 Å². The Kier molecular flexibility index (Phi) is 6.80. The van der Waals surface area contributed by atoms with Crippen LogP contribution >= 0.6 is 0 Å². The maximum Gasteiger partial charge on any atom is 0.245 e. The molecule has 1 fully saturated rings. The van der Waals surface area contributed by atoms with E-state index < -0.39 is 15.8 Å². The van der Waals surface area contributed by atoms with Crippen LogP contribution in [0.1, 0.15) is 24.8 Å². The van der Waals surface area contributed by atoms with Gasteiger partial charge in [0.1, 0.15) is 10.7 Å². The Morgan fingerprint density at radius 3 is 2.36 bits per heavy atom. The van der Waals surface area contributed by atoms with E-state index in [0.29, 0.717) is 19.4 Å². The van der Waals surface area contributed by atoms with Crippen molar-refractivity contribution in [3.63, 3.8) is 0 Å². The molecule has 28 heavy (non-hydrogen) atoms. The van der Waals surface area contributed by atoms with Crippen LogP contribution in [0, 0.1) is 11.7 Å². The Balaban J connectivity index is 1.45. The number of aryl methyl sites for hydroxylation is 1. The molecule has 0 aromatic heterocycles. The first-order valence-corrected chi connectivity index (χ1v) is 11.0. The molecule has 0 aliphatic carbocycles. The van der Waals surface area contributed by atoms with Crippen molar-refractivity contribution in [3.05, 3.63) is 66.0 Å². The summed E-state index contributed by atoms with van der Waals surface area (Å²) in [4.78, 5) is 12.0. The van der Waals surface area contributed by atoms with Crippen LogP contribution in [0.2, 0.25) is 0 Å². The number of nitrogens with one attached hydrogen (secondary N) is 1. The number of rotatable bonds is 7. The first-order chi connectivity index (χ1) is 13.5. The van der Waals surface area contributed by atoms with E-state index in [-0.39, 0.29) is 29.8 Å². The van der Waals surface area contributed by atoms with E-state index in [1.807, 2.05) is 18.2 Å². The molecule has 1 saturated heterocycles. The Morgan fingerprint density at radius 1 is 1.04 bits per heavy atom. The number of piperidine rings is 1. The summed E-state index contributed by atoms with van der Waals surface area (Å²) in [6, 6.07) is 15.5. The molecular weight excluding hydrogens is 379 g/mol. The highest BCUT2D eigenvalue weighted by Crippen LogP contribution is 2.25. The SMILES string of the molecule is O=C(NCCCc1ccccc1)C1CCN(S(=O)(=O)c2ccccc2F)CC1. The fourth-order valence-electron chi connectivity index (χ4n) is 3.44. The van der Waals surface area contributed by atoms with Crippen molar-refractivity contribution in [1.29, 1.82) is 0 Å². The van der Waals surface area contributed by atoms with Gasteiger partial charge in [0.2, 0.25) is 15.9 Å². The predicted molar refractivity (Wildman–Crippen MR) is 106 cm³/mol. The first kappa shape index (κ1) is 20.5. The van der Waals surface area contributed by atoms with E-state index in [9.17, 15) is 17.6 Å². The minimum absolute atomic E-state index is 0.0315. The van der Waals surface area contributed by atoms with Crippen LogP contribution in [0.3, 0.4) is 0 Å². The molecule has 1 N–H and O–H groups in total. The van der Waals surface area contributed by atoms with Gasteiger partial charge in [0.05, 0.1) is 0 Å². The quantitative estimate of drug-likeness (QED) is 0.722. The third-order valence-corrected chi connectivity index (χ3v) is 7.00. The summed E-state index contributed by atoms with van der Waals surface area (Å²) in [7, 11) is -3.87. The second kappa shape index (κ2) is 9.30. The zero-order chi connectivity index (χ0) is 20.0. The van der Waals surface area contributed by atoms with Gasteiger partial charge in [0.25, 0.3) is 0 Å². The summed E-state index contributed by atoms with van der Waals surface area (Å²) in [6.45, 7) is 1.04. The molecule has 2 aromatic carbocycles. The molecule has 5 nitrogen and oxygen atoms in total. The van der Waals surface area contributed by atoms with Crippen molar-refractivity contribution in [2.75, 3.05) is 19.6 Å². The van der Waals surface area contributed by atoms with Gasteiger partial charge in [0.15, 0.2) is 0 Å². The summed E-state index contributed by atoms with van der Waals surface area (Å²) >= 11 is 0. The highest BCUT2D eigenvalue weighted by molar-refractivity contribution is 7.89. The van der Waals surface area contributed by atoms with Crippen LogP contribution < -0.4 is 5.32 Å². The molecule has 1 amide bonds. The van der Waals surface area contributed by atoms with Crippen LogP contribution in [-0.4, -0.2) is 38.3 Å². The van der Waals surface area contributed by atoms with E-state index in [1.165, 1.54) is 28.1 Å². The fraction of sp³-hybridized carbons (Fsp3) is 0.381. The predicted octanol–water partition coefficient (Wildman–Crippen LogP) is 2.98. The number of carbonyl (C=O) groups is 1. The molecule has 1 aliphatic rings. The summed E-state index contributed by atoms with van der Waals surface area (Å²) < 4.78 is 40.4. The number of sulfonamides is 1. The van der Waals surface area contributed by atoms with Gasteiger partial charge in [-0.15, -0.1) is 0 Å². The minimum atomic E-state index is -3.87. The van der Waals surface area contributed by atoms with E-state index in [0.717, 1.165) is 18.9 Å². The Hall–Kier alpha value is -2.25. The second-order valence-corrected chi connectivity index (χ2v) is 8.90. The molecule has 0 unspecified atom stereocenters. The van der Waals surface area contributed by atoms with Crippen molar-refractivity contribution in [2.24, 2.45) is 5.92 Å². The maximum absolute atomic E-state index is 13.9. The summed E-state index contributed by atoms with van der Waals surface area (Å²) in [5.41, 5.74) is 1.24. The average Bonchev–Trinajstić information content (AvgIpc) is 2.72. The van der Waals surface area contributed by atoms with E-state index >= 15 is 0 Å². The molecule has 3 rings (SSSR count). The highest BCUT2D eigenvalue weighted by atomic mass is 32.2. The largest absolute Gasteiger partial charge is 0.356 e. The number of hydrogen-bond acceptors (Lipinski definition) is 3. The molecule has 150 valence electrons. The molecule has 0 spiro atoms. The van der Waals surface area contributed by atoms with Crippen molar-refractivity contribution < 1.29 is 17.6 Å². The first-order valence-electron chi connectivity index (χ1n) is 9.55. The van der Waals surface area contributed by atoms with Gasteiger partial charge >= 0.3 is 0 Å². The van der Waals surface area contributed by atoms with Crippen LogP contribution in [0.25, 0.3) is 0 Å². The van der Waals surface area contributed by atoms with Gasteiger partial charge in [-0.3, -0.25) is 4.79 Å². The van der Waals surface area contributed by atoms with Crippen LogP contribution in [-0.2, 0) is 21.2 Å². The van der Waals surface area contributed by atoms with Crippen LogP contribution in [0.4, 0.5) is 4.39 Å². The second-order valence-electron chi connectivity index (χ2n) is 6.99. The Morgan fingerprint density at radius 2 is 1.68 bits per heavy atom. The molecule has 1 aliphatic heterocycles. The maximum atomic E-state index is 13.9. The lowest BCUT2D eigenvalue weighted by molar-refractivity contribution is -0.126. The van der Waals surface area contributed by atoms with Gasteiger partial charge in [0, 0.05) is 25.6 Å².